The Balaban J connectivity index is 2.47. The summed E-state index contributed by atoms with van der Waals surface area (Å²) in [5, 5.41) is 19.1. The van der Waals surface area contributed by atoms with E-state index in [1.165, 1.54) is 23.5 Å². The Labute approximate surface area is 99.1 Å². The number of hydrogen-bond donors (Lipinski definition) is 1. The quantitative estimate of drug-likeness (QED) is 0.664. The molecule has 8 heteroatoms. The molecule has 2 N–H and O–H groups in total. The van der Waals surface area contributed by atoms with Crippen LogP contribution in [-0.4, -0.2) is 15.1 Å². The molecule has 0 aliphatic heterocycles. The number of halogens is 1. The molecule has 1 aromatic heterocycles. The third-order valence-electron chi connectivity index (χ3n) is 1.98. The van der Waals surface area contributed by atoms with Crippen molar-refractivity contribution in [3.05, 3.63) is 39.1 Å². The minimum atomic E-state index is -0.682. The monoisotopic (exact) mass is 254 g/mol. The lowest BCUT2D eigenvalue weighted by atomic mass is 10.2. The molecule has 2 rings (SSSR count). The van der Waals surface area contributed by atoms with E-state index in [0.717, 1.165) is 6.07 Å². The Morgan fingerprint density at radius 3 is 2.76 bits per heavy atom. The second-order valence-electron chi connectivity index (χ2n) is 3.16. The number of nitro groups is 1. The van der Waals surface area contributed by atoms with E-state index in [0.29, 0.717) is 15.6 Å². The van der Waals surface area contributed by atoms with E-state index in [4.69, 9.17) is 5.73 Å². The van der Waals surface area contributed by atoms with Gasteiger partial charge in [0, 0.05) is 18.2 Å². The summed E-state index contributed by atoms with van der Waals surface area (Å²) in [6, 6.07) is 3.28. The number of nitrogens with two attached hydrogens (primary N) is 1. The first-order chi connectivity index (χ1) is 8.10. The third kappa shape index (κ3) is 2.43. The van der Waals surface area contributed by atoms with Crippen molar-refractivity contribution >= 4 is 17.0 Å². The molecule has 0 spiro atoms. The Bertz CT molecular complexity index is 572. The molecule has 0 aliphatic rings. The summed E-state index contributed by atoms with van der Waals surface area (Å²) < 4.78 is 13.2. The smallest absolute Gasteiger partial charge is 0.273 e. The molecule has 1 aromatic carbocycles. The van der Waals surface area contributed by atoms with Crippen LogP contribution in [0.5, 0.6) is 0 Å². The summed E-state index contributed by atoms with van der Waals surface area (Å²) >= 11 is 1.18. The zero-order valence-electron chi connectivity index (χ0n) is 8.46. The second-order valence-corrected chi connectivity index (χ2v) is 4.22. The van der Waals surface area contributed by atoms with Crippen molar-refractivity contribution in [3.63, 3.8) is 0 Å². The van der Waals surface area contributed by atoms with Crippen LogP contribution >= 0.6 is 11.3 Å². The Hall–Kier alpha value is -1.93. The average Bonchev–Trinajstić information content (AvgIpc) is 2.76. The number of hydrogen-bond acceptors (Lipinski definition) is 6. The van der Waals surface area contributed by atoms with Gasteiger partial charge in [0.25, 0.3) is 5.69 Å². The number of nitro benzene ring substituents is 1. The summed E-state index contributed by atoms with van der Waals surface area (Å²) in [5.41, 5.74) is 5.39. The minimum absolute atomic E-state index is 0.231. The Kier molecular flexibility index (Phi) is 3.07. The maximum absolute atomic E-state index is 13.2. The van der Waals surface area contributed by atoms with Gasteiger partial charge in [-0.05, 0) is 6.07 Å². The van der Waals surface area contributed by atoms with Gasteiger partial charge in [-0.25, -0.2) is 4.39 Å². The van der Waals surface area contributed by atoms with E-state index in [1.807, 2.05) is 0 Å². The summed E-state index contributed by atoms with van der Waals surface area (Å²) in [5.74, 6) is -0.682. The molecule has 17 heavy (non-hydrogen) atoms. The predicted octanol–water partition coefficient (Wildman–Crippen LogP) is 1.71. The fourth-order valence-corrected chi connectivity index (χ4v) is 1.96. The van der Waals surface area contributed by atoms with Crippen LogP contribution < -0.4 is 5.73 Å². The van der Waals surface area contributed by atoms with Gasteiger partial charge in [0.15, 0.2) is 0 Å². The van der Waals surface area contributed by atoms with Crippen LogP contribution in [0, 0.1) is 15.9 Å². The molecule has 0 radical (unpaired) electrons. The number of aromatic nitrogens is 2. The number of non-ortho nitro benzene ring substituents is 1. The number of nitrogens with zero attached hydrogens (tertiary/aromatic N) is 3. The van der Waals surface area contributed by atoms with Crippen molar-refractivity contribution in [2.75, 3.05) is 0 Å². The van der Waals surface area contributed by atoms with E-state index in [2.05, 4.69) is 10.2 Å². The number of rotatable bonds is 3. The van der Waals surface area contributed by atoms with Crippen molar-refractivity contribution in [1.29, 1.82) is 0 Å². The molecule has 2 aromatic rings. The normalized spacial score (nSPS) is 10.5. The highest BCUT2D eigenvalue weighted by Crippen LogP contribution is 2.27. The van der Waals surface area contributed by atoms with Crippen LogP contribution in [0.25, 0.3) is 10.6 Å². The Morgan fingerprint density at radius 1 is 1.41 bits per heavy atom. The first-order valence-electron chi connectivity index (χ1n) is 4.58. The van der Waals surface area contributed by atoms with E-state index in [1.54, 1.807) is 0 Å². The van der Waals surface area contributed by atoms with E-state index >= 15 is 0 Å². The second kappa shape index (κ2) is 4.52. The number of benzene rings is 1. The van der Waals surface area contributed by atoms with Crippen LogP contribution in [-0.2, 0) is 6.54 Å². The molecule has 88 valence electrons. The summed E-state index contributed by atoms with van der Waals surface area (Å²) in [6.07, 6.45) is 0. The van der Waals surface area contributed by atoms with Crippen molar-refractivity contribution in [2.24, 2.45) is 5.73 Å². The Morgan fingerprint density at radius 2 is 2.18 bits per heavy atom. The lowest BCUT2D eigenvalue weighted by molar-refractivity contribution is -0.385. The van der Waals surface area contributed by atoms with Crippen LogP contribution in [0.3, 0.4) is 0 Å². The molecule has 0 atom stereocenters. The largest absolute Gasteiger partial charge is 0.324 e. The molecule has 0 saturated carbocycles. The third-order valence-corrected chi connectivity index (χ3v) is 2.98. The molecule has 0 bridgehead atoms. The highest BCUT2D eigenvalue weighted by atomic mass is 32.1. The lowest BCUT2D eigenvalue weighted by Crippen LogP contribution is -1.94. The fraction of sp³-hybridized carbons (Fsp3) is 0.111. The van der Waals surface area contributed by atoms with Crippen LogP contribution in [0.15, 0.2) is 18.2 Å². The average molecular weight is 254 g/mol. The van der Waals surface area contributed by atoms with Crippen LogP contribution in [0.2, 0.25) is 0 Å². The van der Waals surface area contributed by atoms with E-state index < -0.39 is 10.7 Å². The molecule has 0 aliphatic carbocycles. The molecule has 0 saturated heterocycles. The van der Waals surface area contributed by atoms with Gasteiger partial charge in [0.1, 0.15) is 15.8 Å². The zero-order chi connectivity index (χ0) is 12.4. The van der Waals surface area contributed by atoms with Gasteiger partial charge in [-0.1, -0.05) is 11.3 Å². The summed E-state index contributed by atoms with van der Waals surface area (Å²) in [7, 11) is 0. The molecule has 1 heterocycles. The first kappa shape index (κ1) is 11.6. The fourth-order valence-electron chi connectivity index (χ4n) is 1.26. The van der Waals surface area contributed by atoms with Crippen LogP contribution in [0.4, 0.5) is 10.1 Å². The van der Waals surface area contributed by atoms with Gasteiger partial charge in [-0.2, -0.15) is 0 Å². The maximum Gasteiger partial charge on any atom is 0.273 e. The molecular formula is C9H7FN4O2S. The van der Waals surface area contributed by atoms with E-state index in [-0.39, 0.29) is 12.2 Å². The summed E-state index contributed by atoms with van der Waals surface area (Å²) in [6.45, 7) is 0.231. The molecule has 0 unspecified atom stereocenters. The topological polar surface area (TPSA) is 94.9 Å². The highest BCUT2D eigenvalue weighted by molar-refractivity contribution is 7.14. The molecule has 0 amide bonds. The first-order valence-corrected chi connectivity index (χ1v) is 5.39. The molecular weight excluding hydrogens is 247 g/mol. The SMILES string of the molecule is NCc1nnc(-c2cc(F)cc([N+](=O)[O-])c2)s1. The maximum atomic E-state index is 13.2. The van der Waals surface area contributed by atoms with Gasteiger partial charge in [0.05, 0.1) is 11.0 Å². The molecule has 6 nitrogen and oxygen atoms in total. The van der Waals surface area contributed by atoms with Crippen molar-refractivity contribution in [2.45, 2.75) is 6.54 Å². The van der Waals surface area contributed by atoms with Gasteiger partial charge in [0.2, 0.25) is 0 Å². The standard InChI is InChI=1S/C9H7FN4O2S/c10-6-1-5(2-7(3-6)14(15)16)9-13-12-8(4-11)17-9/h1-3H,4,11H2. The summed E-state index contributed by atoms with van der Waals surface area (Å²) in [4.78, 5) is 9.93. The van der Waals surface area contributed by atoms with Crippen molar-refractivity contribution in [1.82, 2.24) is 10.2 Å². The van der Waals surface area contributed by atoms with Crippen molar-refractivity contribution < 1.29 is 9.31 Å². The van der Waals surface area contributed by atoms with Gasteiger partial charge in [-0.15, -0.1) is 10.2 Å². The zero-order valence-corrected chi connectivity index (χ0v) is 9.28. The lowest BCUT2D eigenvalue weighted by Gasteiger charge is -1.96. The van der Waals surface area contributed by atoms with E-state index in [9.17, 15) is 14.5 Å². The van der Waals surface area contributed by atoms with Gasteiger partial charge < -0.3 is 5.73 Å². The van der Waals surface area contributed by atoms with Crippen molar-refractivity contribution in [3.8, 4) is 10.6 Å². The molecule has 0 fully saturated rings. The van der Waals surface area contributed by atoms with Gasteiger partial charge >= 0.3 is 0 Å². The van der Waals surface area contributed by atoms with Gasteiger partial charge in [-0.3, -0.25) is 10.1 Å². The predicted molar refractivity (Wildman–Crippen MR) is 59.8 cm³/mol. The minimum Gasteiger partial charge on any atom is -0.324 e. The highest BCUT2D eigenvalue weighted by Gasteiger charge is 2.13. The van der Waals surface area contributed by atoms with Crippen LogP contribution in [0.1, 0.15) is 5.01 Å².